The van der Waals surface area contributed by atoms with Gasteiger partial charge in [0.05, 0.1) is 7.11 Å². The van der Waals surface area contributed by atoms with E-state index in [9.17, 15) is 0 Å². The fraction of sp³-hybridized carbons (Fsp3) is 0.417. The molecule has 0 fully saturated rings. The highest BCUT2D eigenvalue weighted by Crippen LogP contribution is 2.17. The molecule has 0 saturated heterocycles. The summed E-state index contributed by atoms with van der Waals surface area (Å²) in [6.45, 7) is 4.03. The summed E-state index contributed by atoms with van der Waals surface area (Å²) in [6.07, 6.45) is 0. The molecule has 0 heterocycles. The standard InChI is InChI=1S/C12H18N2OS/c1-9(2)14-12(13)16-8-10-5-4-6-11(7-10)15-3/h4-7,9H,8H2,1-3H3,(H2,13,14). The van der Waals surface area contributed by atoms with E-state index in [0.29, 0.717) is 5.17 Å². The Morgan fingerprint density at radius 3 is 2.88 bits per heavy atom. The molecule has 0 aromatic heterocycles. The normalized spacial score (nSPS) is 11.9. The Labute approximate surface area is 101 Å². The average molecular weight is 238 g/mol. The van der Waals surface area contributed by atoms with Crippen LogP contribution in [0.3, 0.4) is 0 Å². The van der Waals surface area contributed by atoms with E-state index in [1.54, 1.807) is 18.9 Å². The number of rotatable bonds is 4. The van der Waals surface area contributed by atoms with Crippen LogP contribution in [0.15, 0.2) is 29.3 Å². The monoisotopic (exact) mass is 238 g/mol. The van der Waals surface area contributed by atoms with Crippen LogP contribution in [0.2, 0.25) is 0 Å². The van der Waals surface area contributed by atoms with Gasteiger partial charge in [-0.1, -0.05) is 23.9 Å². The van der Waals surface area contributed by atoms with E-state index >= 15 is 0 Å². The Bertz CT molecular complexity index is 364. The molecule has 16 heavy (non-hydrogen) atoms. The highest BCUT2D eigenvalue weighted by Gasteiger charge is 1.99. The largest absolute Gasteiger partial charge is 0.497 e. The molecule has 1 rings (SSSR count). The van der Waals surface area contributed by atoms with Gasteiger partial charge in [-0.2, -0.15) is 0 Å². The smallest absolute Gasteiger partial charge is 0.154 e. The molecule has 2 N–H and O–H groups in total. The summed E-state index contributed by atoms with van der Waals surface area (Å²) in [5.41, 5.74) is 6.96. The van der Waals surface area contributed by atoms with Crippen LogP contribution in [-0.4, -0.2) is 18.3 Å². The number of nitrogens with two attached hydrogens (primary N) is 1. The first-order valence-electron chi connectivity index (χ1n) is 5.21. The summed E-state index contributed by atoms with van der Waals surface area (Å²) in [5, 5.41) is 0.637. The third-order valence-electron chi connectivity index (χ3n) is 1.91. The van der Waals surface area contributed by atoms with E-state index in [1.807, 2.05) is 32.0 Å². The van der Waals surface area contributed by atoms with Gasteiger partial charge in [-0.05, 0) is 31.5 Å². The summed E-state index contributed by atoms with van der Waals surface area (Å²) < 4.78 is 5.16. The number of ether oxygens (including phenoxy) is 1. The van der Waals surface area contributed by atoms with Crippen molar-refractivity contribution in [1.82, 2.24) is 0 Å². The zero-order valence-corrected chi connectivity index (χ0v) is 10.8. The number of hydrogen-bond donors (Lipinski definition) is 1. The third-order valence-corrected chi connectivity index (χ3v) is 2.79. The number of thioether (sulfide) groups is 1. The Morgan fingerprint density at radius 1 is 1.50 bits per heavy atom. The van der Waals surface area contributed by atoms with Crippen LogP contribution >= 0.6 is 11.8 Å². The molecular weight excluding hydrogens is 220 g/mol. The second-order valence-electron chi connectivity index (χ2n) is 3.70. The maximum atomic E-state index is 5.77. The van der Waals surface area contributed by atoms with Gasteiger partial charge in [0.1, 0.15) is 5.75 Å². The highest BCUT2D eigenvalue weighted by atomic mass is 32.2. The average Bonchev–Trinajstić information content (AvgIpc) is 2.26. The lowest BCUT2D eigenvalue weighted by molar-refractivity contribution is 0.414. The van der Waals surface area contributed by atoms with Gasteiger partial charge >= 0.3 is 0 Å². The number of hydrogen-bond acceptors (Lipinski definition) is 3. The van der Waals surface area contributed by atoms with Gasteiger partial charge < -0.3 is 10.5 Å². The molecule has 0 saturated carbocycles. The summed E-state index contributed by atoms with van der Waals surface area (Å²) in [4.78, 5) is 4.26. The maximum absolute atomic E-state index is 5.77. The van der Waals surface area contributed by atoms with Crippen molar-refractivity contribution in [3.63, 3.8) is 0 Å². The molecule has 4 heteroatoms. The number of benzene rings is 1. The van der Waals surface area contributed by atoms with Crippen molar-refractivity contribution in [3.05, 3.63) is 29.8 Å². The predicted octanol–water partition coefficient (Wildman–Crippen LogP) is 2.65. The van der Waals surface area contributed by atoms with Crippen LogP contribution in [0.4, 0.5) is 0 Å². The minimum Gasteiger partial charge on any atom is -0.497 e. The molecule has 0 unspecified atom stereocenters. The topological polar surface area (TPSA) is 47.6 Å². The molecule has 1 aromatic rings. The van der Waals surface area contributed by atoms with Crippen molar-refractivity contribution >= 4 is 16.9 Å². The molecular formula is C12H18N2OS. The first kappa shape index (κ1) is 12.9. The lowest BCUT2D eigenvalue weighted by Gasteiger charge is -2.05. The Balaban J connectivity index is 2.54. The van der Waals surface area contributed by atoms with E-state index in [1.165, 1.54) is 5.56 Å². The molecule has 3 nitrogen and oxygen atoms in total. The first-order valence-corrected chi connectivity index (χ1v) is 6.19. The number of aliphatic imine (C=N–C) groups is 1. The second-order valence-corrected chi connectivity index (χ2v) is 4.70. The maximum Gasteiger partial charge on any atom is 0.154 e. The fourth-order valence-corrected chi connectivity index (χ4v) is 1.99. The van der Waals surface area contributed by atoms with Gasteiger partial charge in [0.2, 0.25) is 0 Å². The summed E-state index contributed by atoms with van der Waals surface area (Å²) in [7, 11) is 1.67. The minimum absolute atomic E-state index is 0.248. The molecule has 0 aliphatic carbocycles. The van der Waals surface area contributed by atoms with Crippen molar-refractivity contribution < 1.29 is 4.74 Å². The van der Waals surface area contributed by atoms with Crippen LogP contribution in [0.1, 0.15) is 19.4 Å². The van der Waals surface area contributed by atoms with E-state index in [-0.39, 0.29) is 6.04 Å². The number of methoxy groups -OCH3 is 1. The van der Waals surface area contributed by atoms with E-state index < -0.39 is 0 Å². The molecule has 0 atom stereocenters. The zero-order chi connectivity index (χ0) is 12.0. The van der Waals surface area contributed by atoms with Crippen molar-refractivity contribution in [3.8, 4) is 5.75 Å². The summed E-state index contributed by atoms with van der Waals surface area (Å²) in [5.74, 6) is 1.69. The number of nitrogens with zero attached hydrogens (tertiary/aromatic N) is 1. The summed E-state index contributed by atoms with van der Waals surface area (Å²) in [6, 6.07) is 8.22. The molecule has 0 aliphatic rings. The van der Waals surface area contributed by atoms with Gasteiger partial charge in [-0.3, -0.25) is 4.99 Å². The zero-order valence-electron chi connectivity index (χ0n) is 9.93. The Morgan fingerprint density at radius 2 is 2.25 bits per heavy atom. The number of amidine groups is 1. The third kappa shape index (κ3) is 4.57. The molecule has 1 aromatic carbocycles. The molecule has 0 bridgehead atoms. The first-order chi connectivity index (χ1) is 7.61. The van der Waals surface area contributed by atoms with Crippen molar-refractivity contribution in [2.45, 2.75) is 25.6 Å². The Hall–Kier alpha value is -1.16. The molecule has 0 spiro atoms. The van der Waals surface area contributed by atoms with Gasteiger partial charge in [-0.25, -0.2) is 0 Å². The Kier molecular flexibility index (Phi) is 5.19. The minimum atomic E-state index is 0.248. The lowest BCUT2D eigenvalue weighted by atomic mass is 10.2. The van der Waals surface area contributed by atoms with Gasteiger partial charge in [0.25, 0.3) is 0 Å². The second kappa shape index (κ2) is 6.43. The molecule has 0 aliphatic heterocycles. The van der Waals surface area contributed by atoms with Gasteiger partial charge in [0.15, 0.2) is 5.17 Å². The highest BCUT2D eigenvalue weighted by molar-refractivity contribution is 8.13. The fourth-order valence-electron chi connectivity index (χ4n) is 1.21. The van der Waals surface area contributed by atoms with Gasteiger partial charge in [0, 0.05) is 11.8 Å². The lowest BCUT2D eigenvalue weighted by Crippen LogP contribution is -2.09. The van der Waals surface area contributed by atoms with Crippen LogP contribution < -0.4 is 10.5 Å². The van der Waals surface area contributed by atoms with E-state index in [0.717, 1.165) is 11.5 Å². The van der Waals surface area contributed by atoms with Crippen LogP contribution in [0.5, 0.6) is 5.75 Å². The van der Waals surface area contributed by atoms with Crippen molar-refractivity contribution in [1.29, 1.82) is 0 Å². The molecule has 88 valence electrons. The van der Waals surface area contributed by atoms with Crippen molar-refractivity contribution in [2.75, 3.05) is 7.11 Å². The van der Waals surface area contributed by atoms with E-state index in [2.05, 4.69) is 11.1 Å². The molecule has 0 amide bonds. The quantitative estimate of drug-likeness (QED) is 0.648. The SMILES string of the molecule is COc1cccc(CSC(N)=NC(C)C)c1. The van der Waals surface area contributed by atoms with Gasteiger partial charge in [-0.15, -0.1) is 0 Å². The van der Waals surface area contributed by atoms with Crippen LogP contribution in [0, 0.1) is 0 Å². The summed E-state index contributed by atoms with van der Waals surface area (Å²) >= 11 is 1.55. The van der Waals surface area contributed by atoms with Crippen molar-refractivity contribution in [2.24, 2.45) is 10.7 Å². The van der Waals surface area contributed by atoms with Crippen LogP contribution in [-0.2, 0) is 5.75 Å². The van der Waals surface area contributed by atoms with E-state index in [4.69, 9.17) is 10.5 Å². The predicted molar refractivity (Wildman–Crippen MR) is 71.0 cm³/mol. The molecule has 0 radical (unpaired) electrons. The van der Waals surface area contributed by atoms with Crippen LogP contribution in [0.25, 0.3) is 0 Å².